The highest BCUT2D eigenvalue weighted by Crippen LogP contribution is 2.21. The van der Waals surface area contributed by atoms with Crippen molar-refractivity contribution in [2.75, 3.05) is 0 Å². The van der Waals surface area contributed by atoms with Crippen LogP contribution in [0.5, 0.6) is 0 Å². The Morgan fingerprint density at radius 3 is 3.06 bits per heavy atom. The number of aromatic nitrogens is 2. The van der Waals surface area contributed by atoms with Crippen LogP contribution in [0.3, 0.4) is 0 Å². The quantitative estimate of drug-likeness (QED) is 0.911. The van der Waals surface area contributed by atoms with Crippen LogP contribution < -0.4 is 5.43 Å². The molecule has 0 aromatic carbocycles. The van der Waals surface area contributed by atoms with Gasteiger partial charge in [-0.2, -0.15) is 5.10 Å². The maximum Gasteiger partial charge on any atom is 0.240 e. The molecule has 1 aliphatic rings. The Labute approximate surface area is 108 Å². The molecule has 0 radical (unpaired) electrons. The Kier molecular flexibility index (Phi) is 2.93. The first-order valence-electron chi connectivity index (χ1n) is 5.71. The third-order valence-electron chi connectivity index (χ3n) is 2.75. The third-order valence-corrected chi connectivity index (χ3v) is 3.87. The Morgan fingerprint density at radius 1 is 1.39 bits per heavy atom. The summed E-state index contributed by atoms with van der Waals surface area (Å²) in [6, 6.07) is 4.16. The van der Waals surface area contributed by atoms with E-state index in [0.717, 1.165) is 23.6 Å². The van der Waals surface area contributed by atoms with Crippen molar-refractivity contribution in [3.05, 3.63) is 40.6 Å². The van der Waals surface area contributed by atoms with Crippen LogP contribution in [-0.4, -0.2) is 21.2 Å². The Bertz CT molecular complexity index is 585. The lowest BCUT2D eigenvalue weighted by atomic mass is 10.1. The van der Waals surface area contributed by atoms with Crippen molar-refractivity contribution < 1.29 is 4.79 Å². The highest BCUT2D eigenvalue weighted by Gasteiger charge is 2.14. The molecule has 3 rings (SSSR count). The van der Waals surface area contributed by atoms with Crippen LogP contribution in [0.15, 0.2) is 36.0 Å². The second-order valence-corrected chi connectivity index (χ2v) is 5.26. The molecule has 1 N–H and O–H groups in total. The van der Waals surface area contributed by atoms with E-state index in [2.05, 4.69) is 27.6 Å². The lowest BCUT2D eigenvalue weighted by molar-refractivity contribution is -0.121. The van der Waals surface area contributed by atoms with E-state index in [4.69, 9.17) is 0 Å². The monoisotopic (exact) mass is 260 g/mol. The van der Waals surface area contributed by atoms with Gasteiger partial charge in [0.05, 0.1) is 23.5 Å². The van der Waals surface area contributed by atoms with Gasteiger partial charge in [0.25, 0.3) is 0 Å². The van der Waals surface area contributed by atoms with E-state index in [9.17, 15) is 4.79 Å². The van der Waals surface area contributed by atoms with Crippen LogP contribution in [0.25, 0.3) is 0 Å². The first-order valence-corrected chi connectivity index (χ1v) is 6.53. The molecule has 6 heteroatoms. The molecule has 0 unspecified atom stereocenters. The van der Waals surface area contributed by atoms with Gasteiger partial charge in [-0.1, -0.05) is 0 Å². The number of nitrogens with one attached hydrogen (secondary N) is 1. The van der Waals surface area contributed by atoms with E-state index in [1.165, 1.54) is 4.88 Å². The fraction of sp³-hybridized carbons (Fsp3) is 0.250. The number of nitrogens with zero attached hydrogens (tertiary/aromatic N) is 3. The number of carbonyl (C=O) groups is 1. The van der Waals surface area contributed by atoms with Crippen LogP contribution in [0.1, 0.15) is 22.6 Å². The van der Waals surface area contributed by atoms with Crippen molar-refractivity contribution in [3.63, 3.8) is 0 Å². The average Bonchev–Trinajstić information content (AvgIpc) is 3.02. The number of imidazole rings is 1. The predicted octanol–water partition coefficient (Wildman–Crippen LogP) is 1.61. The number of hydrogen-bond donors (Lipinski definition) is 1. The second kappa shape index (κ2) is 4.73. The van der Waals surface area contributed by atoms with E-state index in [0.29, 0.717) is 6.42 Å². The molecule has 0 atom stereocenters. The fourth-order valence-electron chi connectivity index (χ4n) is 1.83. The van der Waals surface area contributed by atoms with Crippen molar-refractivity contribution in [2.24, 2.45) is 5.10 Å². The maximum absolute atomic E-state index is 11.0. The number of hydrogen-bond acceptors (Lipinski definition) is 4. The zero-order valence-electron chi connectivity index (χ0n) is 9.67. The second-order valence-electron chi connectivity index (χ2n) is 4.09. The summed E-state index contributed by atoms with van der Waals surface area (Å²) < 4.78 is 2.03. The van der Waals surface area contributed by atoms with Gasteiger partial charge in [0.1, 0.15) is 0 Å². The zero-order valence-corrected chi connectivity index (χ0v) is 10.5. The Morgan fingerprint density at radius 2 is 2.33 bits per heavy atom. The molecule has 0 saturated carbocycles. The number of rotatable bonds is 3. The topological polar surface area (TPSA) is 59.3 Å². The van der Waals surface area contributed by atoms with E-state index in [1.807, 2.05) is 10.8 Å². The molecule has 1 amide bonds. The van der Waals surface area contributed by atoms with Gasteiger partial charge >= 0.3 is 0 Å². The number of hydrazone groups is 1. The zero-order chi connectivity index (χ0) is 12.4. The van der Waals surface area contributed by atoms with Gasteiger partial charge in [-0.3, -0.25) is 4.79 Å². The van der Waals surface area contributed by atoms with Gasteiger partial charge < -0.3 is 4.57 Å². The minimum Gasteiger partial charge on any atom is -0.332 e. The SMILES string of the molecule is O=C1CCC(c2ccc(Cn3ccnc3)s2)=NN1. The van der Waals surface area contributed by atoms with Crippen LogP contribution in [0.4, 0.5) is 0 Å². The van der Waals surface area contributed by atoms with Crippen molar-refractivity contribution in [1.29, 1.82) is 0 Å². The number of thiophene rings is 1. The Balaban J connectivity index is 1.75. The minimum absolute atomic E-state index is 0.00561. The van der Waals surface area contributed by atoms with E-state index in [1.54, 1.807) is 23.9 Å². The van der Waals surface area contributed by atoms with Gasteiger partial charge in [0.2, 0.25) is 5.91 Å². The molecule has 1 aliphatic heterocycles. The highest BCUT2D eigenvalue weighted by molar-refractivity contribution is 7.14. The molecule has 5 nitrogen and oxygen atoms in total. The lowest BCUT2D eigenvalue weighted by Crippen LogP contribution is -2.25. The molecule has 0 aliphatic carbocycles. The van der Waals surface area contributed by atoms with E-state index >= 15 is 0 Å². The van der Waals surface area contributed by atoms with Crippen LogP contribution in [-0.2, 0) is 11.3 Å². The molecule has 3 heterocycles. The summed E-state index contributed by atoms with van der Waals surface area (Å²) in [7, 11) is 0. The summed E-state index contributed by atoms with van der Waals surface area (Å²) in [5.41, 5.74) is 3.49. The molecule has 92 valence electrons. The molecule has 0 fully saturated rings. The van der Waals surface area contributed by atoms with E-state index < -0.39 is 0 Å². The molecular weight excluding hydrogens is 248 g/mol. The highest BCUT2D eigenvalue weighted by atomic mass is 32.1. The van der Waals surface area contributed by atoms with Crippen molar-refractivity contribution >= 4 is 23.0 Å². The van der Waals surface area contributed by atoms with Gasteiger partial charge in [0, 0.05) is 30.1 Å². The fourth-order valence-corrected chi connectivity index (χ4v) is 2.86. The molecule has 2 aromatic rings. The molecule has 2 aromatic heterocycles. The molecule has 0 spiro atoms. The average molecular weight is 260 g/mol. The first-order chi connectivity index (χ1) is 8.81. The van der Waals surface area contributed by atoms with Crippen molar-refractivity contribution in [1.82, 2.24) is 15.0 Å². The van der Waals surface area contributed by atoms with Crippen molar-refractivity contribution in [3.8, 4) is 0 Å². The first kappa shape index (κ1) is 11.2. The summed E-state index contributed by atoms with van der Waals surface area (Å²) in [6.07, 6.45) is 6.76. The van der Waals surface area contributed by atoms with Gasteiger partial charge in [-0.15, -0.1) is 11.3 Å². The molecule has 0 saturated heterocycles. The van der Waals surface area contributed by atoms with Gasteiger partial charge in [-0.05, 0) is 12.1 Å². The van der Waals surface area contributed by atoms with Crippen LogP contribution in [0.2, 0.25) is 0 Å². The predicted molar refractivity (Wildman–Crippen MR) is 69.6 cm³/mol. The van der Waals surface area contributed by atoms with Crippen LogP contribution >= 0.6 is 11.3 Å². The minimum atomic E-state index is -0.00561. The normalized spacial score (nSPS) is 15.3. The number of amides is 1. The Hall–Kier alpha value is -1.95. The summed E-state index contributed by atoms with van der Waals surface area (Å²) in [5.74, 6) is -0.00561. The largest absolute Gasteiger partial charge is 0.332 e. The summed E-state index contributed by atoms with van der Waals surface area (Å²) in [6.45, 7) is 0.824. The summed E-state index contributed by atoms with van der Waals surface area (Å²) in [5, 5.41) is 4.10. The van der Waals surface area contributed by atoms with E-state index in [-0.39, 0.29) is 5.91 Å². The standard InChI is InChI=1S/C12H12N4OS/c17-12-4-2-10(14-15-12)11-3-1-9(18-11)7-16-6-5-13-8-16/h1,3,5-6,8H,2,4,7H2,(H,15,17). The summed E-state index contributed by atoms with van der Waals surface area (Å²) in [4.78, 5) is 17.4. The number of carbonyl (C=O) groups excluding carboxylic acids is 1. The lowest BCUT2D eigenvalue weighted by Gasteiger charge is -2.09. The smallest absolute Gasteiger partial charge is 0.240 e. The summed E-state index contributed by atoms with van der Waals surface area (Å²) >= 11 is 1.71. The van der Waals surface area contributed by atoms with Crippen LogP contribution in [0, 0.1) is 0 Å². The van der Waals surface area contributed by atoms with Gasteiger partial charge in [0.15, 0.2) is 0 Å². The maximum atomic E-state index is 11.0. The van der Waals surface area contributed by atoms with Crippen molar-refractivity contribution in [2.45, 2.75) is 19.4 Å². The molecule has 0 bridgehead atoms. The molecular formula is C12H12N4OS. The molecule has 18 heavy (non-hydrogen) atoms. The third kappa shape index (κ3) is 2.33. The van der Waals surface area contributed by atoms with Gasteiger partial charge in [-0.25, -0.2) is 10.4 Å².